The minimum Gasteiger partial charge on any atom is -0.388 e. The maximum atomic E-state index is 14.2. The number of likely N-dealkylation sites (tertiary alicyclic amines) is 1. The fourth-order valence-corrected chi connectivity index (χ4v) is 5.94. The van der Waals surface area contributed by atoms with Crippen molar-refractivity contribution < 1.29 is 5.11 Å². The lowest BCUT2D eigenvalue weighted by Crippen LogP contribution is -2.48. The number of anilines is 1. The minimum atomic E-state index is -1.07. The Morgan fingerprint density at radius 2 is 1.79 bits per heavy atom. The fraction of sp³-hybridized carbons (Fsp3) is 0.303. The molecule has 0 aliphatic carbocycles. The van der Waals surface area contributed by atoms with Crippen molar-refractivity contribution in [2.45, 2.75) is 45.4 Å². The van der Waals surface area contributed by atoms with E-state index in [4.69, 9.17) is 11.6 Å². The van der Waals surface area contributed by atoms with E-state index in [0.717, 1.165) is 30.9 Å². The number of pyridine rings is 1. The van der Waals surface area contributed by atoms with Crippen LogP contribution in [0.3, 0.4) is 0 Å². The Balaban J connectivity index is 1.35. The van der Waals surface area contributed by atoms with E-state index in [-0.39, 0.29) is 12.1 Å². The minimum absolute atomic E-state index is 0.118. The molecule has 5 aromatic rings. The summed E-state index contributed by atoms with van der Waals surface area (Å²) in [6, 6.07) is 17.6. The normalized spacial score (nSPS) is 15.1. The van der Waals surface area contributed by atoms with E-state index in [1.807, 2.05) is 44.2 Å². The SMILES string of the molecule is CCNc1ncc2cc(-c3ccc(-c4cncc(C)n4)cc3Cl)c(=O)n(CC3(O)CCN(Cc4ccccc4)CC3)c2n1. The van der Waals surface area contributed by atoms with Gasteiger partial charge in [-0.2, -0.15) is 4.98 Å². The first kappa shape index (κ1) is 28.9. The molecule has 0 amide bonds. The molecule has 0 saturated carbocycles. The highest BCUT2D eigenvalue weighted by Crippen LogP contribution is 2.32. The molecule has 2 aromatic carbocycles. The summed E-state index contributed by atoms with van der Waals surface area (Å²) in [6.07, 6.45) is 6.16. The van der Waals surface area contributed by atoms with Crippen molar-refractivity contribution in [1.29, 1.82) is 0 Å². The monoisotopic (exact) mass is 595 g/mol. The van der Waals surface area contributed by atoms with Crippen LogP contribution in [-0.4, -0.2) is 59.7 Å². The summed E-state index contributed by atoms with van der Waals surface area (Å²) in [4.78, 5) is 34.5. The molecule has 0 unspecified atom stereocenters. The Hall–Kier alpha value is -4.18. The van der Waals surface area contributed by atoms with Gasteiger partial charge >= 0.3 is 0 Å². The number of hydrogen-bond acceptors (Lipinski definition) is 8. The third kappa shape index (κ3) is 6.29. The molecule has 0 atom stereocenters. The molecule has 6 rings (SSSR count). The van der Waals surface area contributed by atoms with Crippen LogP contribution in [0.2, 0.25) is 5.02 Å². The summed E-state index contributed by atoms with van der Waals surface area (Å²) in [5, 5.41) is 16.0. The lowest BCUT2D eigenvalue weighted by atomic mass is 9.90. The zero-order valence-electron chi connectivity index (χ0n) is 24.3. The Morgan fingerprint density at radius 3 is 2.51 bits per heavy atom. The van der Waals surface area contributed by atoms with Gasteiger partial charge < -0.3 is 10.4 Å². The third-order valence-corrected chi connectivity index (χ3v) is 8.27. The molecular formula is C33H34ClN7O2. The number of nitrogens with one attached hydrogen (secondary N) is 1. The molecule has 1 fully saturated rings. The van der Waals surface area contributed by atoms with Gasteiger partial charge in [-0.15, -0.1) is 0 Å². The van der Waals surface area contributed by atoms with Crippen LogP contribution in [0.15, 0.2) is 78.0 Å². The van der Waals surface area contributed by atoms with Crippen molar-refractivity contribution in [3.05, 3.63) is 99.8 Å². The van der Waals surface area contributed by atoms with E-state index in [0.29, 0.717) is 58.2 Å². The first-order valence-corrected chi connectivity index (χ1v) is 14.9. The molecule has 0 radical (unpaired) electrons. The number of halogens is 1. The van der Waals surface area contributed by atoms with Gasteiger partial charge in [0, 0.05) is 65.7 Å². The molecule has 1 saturated heterocycles. The van der Waals surface area contributed by atoms with Crippen LogP contribution in [-0.2, 0) is 13.1 Å². The molecule has 4 heterocycles. The number of rotatable bonds is 8. The van der Waals surface area contributed by atoms with Crippen LogP contribution in [0.4, 0.5) is 5.95 Å². The van der Waals surface area contributed by atoms with Gasteiger partial charge in [-0.05, 0) is 44.4 Å². The molecule has 2 N–H and O–H groups in total. The summed E-state index contributed by atoms with van der Waals surface area (Å²) >= 11 is 6.80. The quantitative estimate of drug-likeness (QED) is 0.248. The van der Waals surface area contributed by atoms with Gasteiger partial charge in [0.15, 0.2) is 0 Å². The zero-order valence-corrected chi connectivity index (χ0v) is 25.1. The first-order valence-electron chi connectivity index (χ1n) is 14.5. The van der Waals surface area contributed by atoms with E-state index < -0.39 is 5.60 Å². The molecule has 1 aliphatic heterocycles. The molecule has 10 heteroatoms. The molecule has 220 valence electrons. The number of nitrogens with zero attached hydrogens (tertiary/aromatic N) is 6. The molecular weight excluding hydrogens is 562 g/mol. The van der Waals surface area contributed by atoms with Crippen LogP contribution in [0.25, 0.3) is 33.4 Å². The second-order valence-electron chi connectivity index (χ2n) is 11.2. The van der Waals surface area contributed by atoms with Crippen LogP contribution < -0.4 is 10.9 Å². The average molecular weight is 596 g/mol. The third-order valence-electron chi connectivity index (χ3n) is 7.96. The lowest BCUT2D eigenvalue weighted by Gasteiger charge is -2.38. The summed E-state index contributed by atoms with van der Waals surface area (Å²) in [5.41, 5.74) is 3.71. The van der Waals surface area contributed by atoms with Crippen molar-refractivity contribution in [2.75, 3.05) is 25.0 Å². The molecule has 3 aromatic heterocycles. The van der Waals surface area contributed by atoms with Gasteiger partial charge in [0.1, 0.15) is 5.65 Å². The van der Waals surface area contributed by atoms with E-state index in [2.05, 4.69) is 42.3 Å². The highest BCUT2D eigenvalue weighted by Gasteiger charge is 2.34. The summed E-state index contributed by atoms with van der Waals surface area (Å²) < 4.78 is 1.59. The molecule has 1 aliphatic rings. The smallest absolute Gasteiger partial charge is 0.260 e. The Bertz CT molecular complexity index is 1820. The van der Waals surface area contributed by atoms with Crippen molar-refractivity contribution in [3.63, 3.8) is 0 Å². The number of hydrogen-bond donors (Lipinski definition) is 2. The number of aromatic nitrogens is 5. The number of benzene rings is 2. The molecule has 9 nitrogen and oxygen atoms in total. The summed E-state index contributed by atoms with van der Waals surface area (Å²) in [7, 11) is 0. The second kappa shape index (κ2) is 12.2. The van der Waals surface area contributed by atoms with E-state index >= 15 is 0 Å². The van der Waals surface area contributed by atoms with Crippen LogP contribution in [0, 0.1) is 6.92 Å². The van der Waals surface area contributed by atoms with Gasteiger partial charge in [-0.3, -0.25) is 19.2 Å². The molecule has 43 heavy (non-hydrogen) atoms. The predicted molar refractivity (Wildman–Crippen MR) is 170 cm³/mol. The number of aliphatic hydroxyl groups is 1. The van der Waals surface area contributed by atoms with Crippen LogP contribution >= 0.6 is 11.6 Å². The highest BCUT2D eigenvalue weighted by atomic mass is 35.5. The standard InChI is InChI=1S/C33H34ClN7O2/c1-3-36-32-37-18-25-15-27(26-10-9-24(16-28(26)34)29-19-35-17-22(2)38-29)31(42)41(30(25)39-32)21-33(43)11-13-40(14-12-33)20-23-7-5-4-6-8-23/h4-10,15-19,43H,3,11-14,20-21H2,1-2H3,(H,36,37,39). The second-order valence-corrected chi connectivity index (χ2v) is 11.6. The average Bonchev–Trinajstić information content (AvgIpc) is 3.01. The van der Waals surface area contributed by atoms with Crippen molar-refractivity contribution in [2.24, 2.45) is 0 Å². The van der Waals surface area contributed by atoms with Gasteiger partial charge in [0.05, 0.1) is 29.7 Å². The Labute approximate surface area is 255 Å². The summed E-state index contributed by atoms with van der Waals surface area (Å²) in [6.45, 7) is 6.89. The van der Waals surface area contributed by atoms with E-state index in [1.165, 1.54) is 5.56 Å². The van der Waals surface area contributed by atoms with Crippen molar-refractivity contribution >= 4 is 28.6 Å². The maximum absolute atomic E-state index is 14.2. The number of fused-ring (bicyclic) bond motifs is 1. The fourth-order valence-electron chi connectivity index (χ4n) is 5.66. The Kier molecular flexibility index (Phi) is 8.21. The summed E-state index contributed by atoms with van der Waals surface area (Å²) in [5.74, 6) is 0.433. The Morgan fingerprint density at radius 1 is 1.00 bits per heavy atom. The molecule has 0 bridgehead atoms. The lowest BCUT2D eigenvalue weighted by molar-refractivity contribution is -0.0356. The zero-order chi connectivity index (χ0) is 30.0. The van der Waals surface area contributed by atoms with Crippen LogP contribution in [0.5, 0.6) is 0 Å². The van der Waals surface area contributed by atoms with Gasteiger partial charge in [0.2, 0.25) is 5.95 Å². The van der Waals surface area contributed by atoms with Crippen molar-refractivity contribution in [1.82, 2.24) is 29.4 Å². The van der Waals surface area contributed by atoms with Crippen molar-refractivity contribution in [3.8, 4) is 22.4 Å². The van der Waals surface area contributed by atoms with Crippen LogP contribution in [0.1, 0.15) is 31.0 Å². The van der Waals surface area contributed by atoms with Gasteiger partial charge in [-0.1, -0.05) is 54.1 Å². The van der Waals surface area contributed by atoms with Gasteiger partial charge in [-0.25, -0.2) is 9.97 Å². The highest BCUT2D eigenvalue weighted by molar-refractivity contribution is 6.33. The number of piperidine rings is 1. The largest absolute Gasteiger partial charge is 0.388 e. The molecule has 0 spiro atoms. The number of aryl methyl sites for hydroxylation is 1. The topological polar surface area (TPSA) is 109 Å². The van der Waals surface area contributed by atoms with E-state index in [9.17, 15) is 9.90 Å². The van der Waals surface area contributed by atoms with E-state index in [1.54, 1.807) is 35.3 Å². The predicted octanol–water partition coefficient (Wildman–Crippen LogP) is 5.34. The van der Waals surface area contributed by atoms with Gasteiger partial charge in [0.25, 0.3) is 5.56 Å². The first-order chi connectivity index (χ1) is 20.8. The maximum Gasteiger partial charge on any atom is 0.260 e.